The molecule has 0 unspecified atom stereocenters. The number of ether oxygens (including phenoxy) is 1. The highest BCUT2D eigenvalue weighted by atomic mass is 16.5. The van der Waals surface area contributed by atoms with Crippen molar-refractivity contribution in [3.63, 3.8) is 0 Å². The average Bonchev–Trinajstić information content (AvgIpc) is 2.59. The maximum Gasteiger partial charge on any atom is 0.226 e. The summed E-state index contributed by atoms with van der Waals surface area (Å²) < 4.78 is 5.26. The minimum atomic E-state index is -0.150. The van der Waals surface area contributed by atoms with Gasteiger partial charge in [0.15, 0.2) is 0 Å². The van der Waals surface area contributed by atoms with Crippen molar-refractivity contribution in [2.75, 3.05) is 19.0 Å². The van der Waals surface area contributed by atoms with Crippen molar-refractivity contribution >= 4 is 17.5 Å². The molecule has 2 aromatic rings. The minimum Gasteiger partial charge on any atom is -0.495 e. The summed E-state index contributed by atoms with van der Waals surface area (Å²) in [5.41, 5.74) is 2.72. The molecule has 0 saturated carbocycles. The Kier molecular flexibility index (Phi) is 6.57. The number of rotatable bonds is 7. The van der Waals surface area contributed by atoms with E-state index in [9.17, 15) is 9.59 Å². The Bertz CT molecular complexity index is 729. The molecule has 0 bridgehead atoms. The molecule has 5 nitrogen and oxygen atoms in total. The van der Waals surface area contributed by atoms with E-state index in [1.165, 1.54) is 6.92 Å². The summed E-state index contributed by atoms with van der Waals surface area (Å²) in [6.07, 6.45) is 0.226. The number of carbonyl (C=O) groups is 2. The van der Waals surface area contributed by atoms with Crippen molar-refractivity contribution in [2.45, 2.75) is 26.8 Å². The van der Waals surface area contributed by atoms with Crippen LogP contribution in [0.3, 0.4) is 0 Å². The number of aryl methyl sites for hydroxylation is 1. The van der Waals surface area contributed by atoms with E-state index in [2.05, 4.69) is 5.32 Å². The van der Waals surface area contributed by atoms with Crippen molar-refractivity contribution in [1.82, 2.24) is 4.90 Å². The largest absolute Gasteiger partial charge is 0.495 e. The molecule has 25 heavy (non-hydrogen) atoms. The summed E-state index contributed by atoms with van der Waals surface area (Å²) in [5, 5.41) is 2.86. The van der Waals surface area contributed by atoms with Crippen LogP contribution < -0.4 is 10.1 Å². The highest BCUT2D eigenvalue weighted by Gasteiger charge is 2.13. The third kappa shape index (κ3) is 5.64. The van der Waals surface area contributed by atoms with Crippen LogP contribution in [0.1, 0.15) is 24.5 Å². The van der Waals surface area contributed by atoms with Crippen molar-refractivity contribution in [3.8, 4) is 5.75 Å². The third-order valence-corrected chi connectivity index (χ3v) is 3.90. The quantitative estimate of drug-likeness (QED) is 0.840. The number of carbonyl (C=O) groups excluding carboxylic acids is 2. The van der Waals surface area contributed by atoms with Gasteiger partial charge in [-0.3, -0.25) is 9.59 Å². The molecule has 0 heterocycles. The Morgan fingerprint density at radius 2 is 1.84 bits per heavy atom. The molecule has 0 aliphatic rings. The molecule has 2 rings (SSSR count). The van der Waals surface area contributed by atoms with Gasteiger partial charge in [-0.1, -0.05) is 36.4 Å². The molecule has 2 aromatic carbocycles. The molecule has 0 saturated heterocycles. The number of hydrogen-bond acceptors (Lipinski definition) is 3. The first kappa shape index (κ1) is 18.5. The molecule has 0 aliphatic carbocycles. The first-order valence-electron chi connectivity index (χ1n) is 8.23. The van der Waals surface area contributed by atoms with Gasteiger partial charge in [0.05, 0.1) is 12.8 Å². The lowest BCUT2D eigenvalue weighted by atomic mass is 10.2. The summed E-state index contributed by atoms with van der Waals surface area (Å²) >= 11 is 0. The van der Waals surface area contributed by atoms with Crippen molar-refractivity contribution in [1.29, 1.82) is 0 Å². The van der Waals surface area contributed by atoms with Crippen LogP contribution in [0.2, 0.25) is 0 Å². The summed E-state index contributed by atoms with van der Waals surface area (Å²) in [5.74, 6) is 0.416. The number of amides is 2. The zero-order valence-corrected chi connectivity index (χ0v) is 14.9. The van der Waals surface area contributed by atoms with E-state index in [4.69, 9.17) is 4.74 Å². The van der Waals surface area contributed by atoms with Crippen molar-refractivity contribution in [3.05, 3.63) is 59.7 Å². The average molecular weight is 340 g/mol. The summed E-state index contributed by atoms with van der Waals surface area (Å²) in [7, 11) is 1.57. The third-order valence-electron chi connectivity index (χ3n) is 3.90. The van der Waals surface area contributed by atoms with Crippen LogP contribution in [-0.4, -0.2) is 30.4 Å². The predicted molar refractivity (Wildman–Crippen MR) is 98.5 cm³/mol. The molecule has 0 spiro atoms. The Labute approximate surface area is 148 Å². The number of hydrogen-bond donors (Lipinski definition) is 1. The highest BCUT2D eigenvalue weighted by molar-refractivity contribution is 5.92. The Morgan fingerprint density at radius 1 is 1.12 bits per heavy atom. The molecule has 0 aliphatic heterocycles. The molecule has 132 valence electrons. The SMILES string of the molecule is COc1ccc(C)cc1NC(=O)CCN(Cc1ccccc1)C(C)=O. The van der Waals surface area contributed by atoms with Crippen LogP contribution in [0.15, 0.2) is 48.5 Å². The highest BCUT2D eigenvalue weighted by Crippen LogP contribution is 2.25. The van der Waals surface area contributed by atoms with Crippen LogP contribution in [0.4, 0.5) is 5.69 Å². The molecular formula is C20H24N2O3. The van der Waals surface area contributed by atoms with Crippen molar-refractivity contribution in [2.24, 2.45) is 0 Å². The minimum absolute atomic E-state index is 0.0511. The van der Waals surface area contributed by atoms with E-state index < -0.39 is 0 Å². The van der Waals surface area contributed by atoms with Crippen LogP contribution in [-0.2, 0) is 16.1 Å². The van der Waals surface area contributed by atoms with Gasteiger partial charge in [0, 0.05) is 26.4 Å². The maximum atomic E-state index is 12.3. The zero-order chi connectivity index (χ0) is 18.2. The predicted octanol–water partition coefficient (Wildman–Crippen LogP) is 3.38. The van der Waals surface area contributed by atoms with Gasteiger partial charge in [-0.25, -0.2) is 0 Å². The Balaban J connectivity index is 1.95. The second kappa shape index (κ2) is 8.87. The second-order valence-electron chi connectivity index (χ2n) is 5.93. The fraction of sp³-hybridized carbons (Fsp3) is 0.300. The first-order chi connectivity index (χ1) is 12.0. The molecule has 0 radical (unpaired) electrons. The van der Waals surface area contributed by atoms with Gasteiger partial charge in [0.2, 0.25) is 11.8 Å². The van der Waals surface area contributed by atoms with Gasteiger partial charge < -0.3 is 15.0 Å². The number of nitrogens with zero attached hydrogens (tertiary/aromatic N) is 1. The number of benzene rings is 2. The second-order valence-corrected chi connectivity index (χ2v) is 5.93. The molecule has 0 atom stereocenters. The fourth-order valence-electron chi connectivity index (χ4n) is 2.52. The standard InChI is InChI=1S/C20H24N2O3/c1-15-9-10-19(25-3)18(13-15)21-20(24)11-12-22(16(2)23)14-17-7-5-4-6-8-17/h4-10,13H,11-12,14H2,1-3H3,(H,21,24). The summed E-state index contributed by atoms with van der Waals surface area (Å²) in [4.78, 5) is 25.8. The van der Waals surface area contributed by atoms with Crippen LogP contribution in [0.5, 0.6) is 5.75 Å². The van der Waals surface area contributed by atoms with Gasteiger partial charge >= 0.3 is 0 Å². The van der Waals surface area contributed by atoms with Gasteiger partial charge in [0.25, 0.3) is 0 Å². The number of methoxy groups -OCH3 is 1. The summed E-state index contributed by atoms with van der Waals surface area (Å²) in [6, 6.07) is 15.3. The summed E-state index contributed by atoms with van der Waals surface area (Å²) in [6.45, 7) is 4.33. The molecule has 2 amide bonds. The van der Waals surface area contributed by atoms with Crippen molar-refractivity contribution < 1.29 is 14.3 Å². The van der Waals surface area contributed by atoms with E-state index >= 15 is 0 Å². The molecule has 0 aromatic heterocycles. The molecule has 1 N–H and O–H groups in total. The van der Waals surface area contributed by atoms with Gasteiger partial charge in [0.1, 0.15) is 5.75 Å². The van der Waals surface area contributed by atoms with Crippen LogP contribution in [0.25, 0.3) is 0 Å². The smallest absolute Gasteiger partial charge is 0.226 e. The zero-order valence-electron chi connectivity index (χ0n) is 14.9. The van der Waals surface area contributed by atoms with Gasteiger partial charge in [-0.2, -0.15) is 0 Å². The van der Waals surface area contributed by atoms with E-state index in [-0.39, 0.29) is 18.2 Å². The molecule has 5 heteroatoms. The number of anilines is 1. The first-order valence-corrected chi connectivity index (χ1v) is 8.23. The van der Waals surface area contributed by atoms with Gasteiger partial charge in [-0.15, -0.1) is 0 Å². The van der Waals surface area contributed by atoms with Crippen LogP contribution in [0, 0.1) is 6.92 Å². The monoisotopic (exact) mass is 340 g/mol. The molecular weight excluding hydrogens is 316 g/mol. The van der Waals surface area contributed by atoms with Gasteiger partial charge in [-0.05, 0) is 30.2 Å². The van der Waals surface area contributed by atoms with Crippen LogP contribution >= 0.6 is 0 Å². The lowest BCUT2D eigenvalue weighted by molar-refractivity contribution is -0.129. The topological polar surface area (TPSA) is 58.6 Å². The van der Waals surface area contributed by atoms with E-state index in [1.807, 2.05) is 55.5 Å². The van der Waals surface area contributed by atoms with E-state index in [0.29, 0.717) is 24.5 Å². The fourth-order valence-corrected chi connectivity index (χ4v) is 2.52. The lowest BCUT2D eigenvalue weighted by Crippen LogP contribution is -2.31. The van der Waals surface area contributed by atoms with E-state index in [1.54, 1.807) is 12.0 Å². The lowest BCUT2D eigenvalue weighted by Gasteiger charge is -2.21. The normalized spacial score (nSPS) is 10.2. The maximum absolute atomic E-state index is 12.3. The number of nitrogens with one attached hydrogen (secondary N) is 1. The Morgan fingerprint density at radius 3 is 2.48 bits per heavy atom. The Hall–Kier alpha value is -2.82. The molecule has 0 fully saturated rings. The van der Waals surface area contributed by atoms with E-state index in [0.717, 1.165) is 11.1 Å².